The first kappa shape index (κ1) is 29.3. The van der Waals surface area contributed by atoms with Crippen LogP contribution in [0.4, 0.5) is 5.69 Å². The number of aromatic nitrogens is 2. The Labute approximate surface area is 260 Å². The van der Waals surface area contributed by atoms with E-state index in [1.165, 1.54) is 6.92 Å². The molecule has 45 heavy (non-hydrogen) atoms. The summed E-state index contributed by atoms with van der Waals surface area (Å²) in [5, 5.41) is 7.93. The number of amides is 1. The van der Waals surface area contributed by atoms with Crippen molar-refractivity contribution in [2.24, 2.45) is 0 Å². The van der Waals surface area contributed by atoms with Crippen molar-refractivity contribution in [3.8, 4) is 56.9 Å². The van der Waals surface area contributed by atoms with Gasteiger partial charge in [-0.15, -0.1) is 0 Å². The number of carbonyl (C=O) groups excluding carboxylic acids is 2. The monoisotopic (exact) mass is 605 g/mol. The quantitative estimate of drug-likeness (QED) is 0.194. The summed E-state index contributed by atoms with van der Waals surface area (Å²) in [4.78, 5) is 25.5. The van der Waals surface area contributed by atoms with Gasteiger partial charge in [0.05, 0.1) is 25.5 Å². The van der Waals surface area contributed by atoms with E-state index in [1.54, 1.807) is 55.3 Å². The maximum atomic E-state index is 13.0. The van der Waals surface area contributed by atoms with E-state index < -0.39 is 5.97 Å². The van der Waals surface area contributed by atoms with E-state index in [9.17, 15) is 9.59 Å². The number of aryl methyl sites for hydroxylation is 1. The Morgan fingerprint density at radius 1 is 0.844 bits per heavy atom. The van der Waals surface area contributed by atoms with E-state index in [2.05, 4.69) is 5.32 Å². The Morgan fingerprint density at radius 3 is 2.24 bits per heavy atom. The molecule has 0 unspecified atom stereocenters. The largest absolute Gasteiger partial charge is 0.497 e. The molecule has 1 aromatic heterocycles. The fourth-order valence-corrected chi connectivity index (χ4v) is 5.13. The summed E-state index contributed by atoms with van der Waals surface area (Å²) in [6.45, 7) is 5.49. The number of carbonyl (C=O) groups is 2. The predicted molar refractivity (Wildman–Crippen MR) is 169 cm³/mol. The van der Waals surface area contributed by atoms with Crippen molar-refractivity contribution in [1.29, 1.82) is 0 Å². The molecule has 0 saturated heterocycles. The SMILES string of the molecule is COc1cc(OC)cc(-c2nn(-c3cccc(C)c3C)c(OC(C)=O)c2-c2ccc(NC(=O)c3ccc4c(c3)OCO4)cc2)c1. The van der Waals surface area contributed by atoms with Crippen LogP contribution in [0.5, 0.6) is 28.9 Å². The first-order valence-electron chi connectivity index (χ1n) is 14.2. The third kappa shape index (κ3) is 5.77. The Hall–Kier alpha value is -5.77. The van der Waals surface area contributed by atoms with Gasteiger partial charge < -0.3 is 29.0 Å². The van der Waals surface area contributed by atoms with Gasteiger partial charge >= 0.3 is 5.97 Å². The number of nitrogens with one attached hydrogen (secondary N) is 1. The molecule has 4 aromatic carbocycles. The van der Waals surface area contributed by atoms with Crippen molar-refractivity contribution in [3.63, 3.8) is 0 Å². The topological polar surface area (TPSA) is 110 Å². The molecule has 10 nitrogen and oxygen atoms in total. The van der Waals surface area contributed by atoms with Crippen LogP contribution in [-0.2, 0) is 4.79 Å². The summed E-state index contributed by atoms with van der Waals surface area (Å²) < 4.78 is 29.4. The van der Waals surface area contributed by atoms with E-state index in [0.29, 0.717) is 56.6 Å². The van der Waals surface area contributed by atoms with Gasteiger partial charge in [-0.25, -0.2) is 0 Å². The zero-order valence-electron chi connectivity index (χ0n) is 25.5. The molecule has 0 bridgehead atoms. The number of methoxy groups -OCH3 is 2. The summed E-state index contributed by atoms with van der Waals surface area (Å²) in [6.07, 6.45) is 0. The van der Waals surface area contributed by atoms with Gasteiger partial charge in [0, 0.05) is 29.8 Å². The molecule has 5 aromatic rings. The molecule has 1 aliphatic heterocycles. The van der Waals surface area contributed by atoms with Gasteiger partial charge in [0.1, 0.15) is 17.2 Å². The van der Waals surface area contributed by atoms with Crippen LogP contribution in [0.15, 0.2) is 78.9 Å². The number of hydrogen-bond donors (Lipinski definition) is 1. The van der Waals surface area contributed by atoms with Crippen LogP contribution in [0, 0.1) is 13.8 Å². The molecule has 1 amide bonds. The Balaban J connectivity index is 1.46. The third-order valence-electron chi connectivity index (χ3n) is 7.58. The highest BCUT2D eigenvalue weighted by atomic mass is 16.7. The second kappa shape index (κ2) is 12.1. The zero-order chi connectivity index (χ0) is 31.7. The van der Waals surface area contributed by atoms with Gasteiger partial charge in [0.15, 0.2) is 11.5 Å². The zero-order valence-corrected chi connectivity index (χ0v) is 25.5. The van der Waals surface area contributed by atoms with Gasteiger partial charge in [0.25, 0.3) is 5.91 Å². The van der Waals surface area contributed by atoms with Crippen LogP contribution in [0.25, 0.3) is 28.1 Å². The molecule has 228 valence electrons. The van der Waals surface area contributed by atoms with Gasteiger partial charge in [0.2, 0.25) is 12.7 Å². The van der Waals surface area contributed by atoms with Gasteiger partial charge in [-0.3, -0.25) is 9.59 Å². The standard InChI is InChI=1S/C35H31N3O7/c1-20-7-6-8-29(21(20)2)38-35(45-22(3)39)32(33(37-38)25-15-27(41-4)18-28(16-25)42-5)23-9-12-26(13-10-23)36-34(40)24-11-14-30-31(17-24)44-19-43-30/h6-18H,19H2,1-5H3,(H,36,40). The summed E-state index contributed by atoms with van der Waals surface area (Å²) in [5.41, 5.74) is 6.34. The van der Waals surface area contributed by atoms with E-state index >= 15 is 0 Å². The smallest absolute Gasteiger partial charge is 0.309 e. The lowest BCUT2D eigenvalue weighted by Crippen LogP contribution is -2.11. The maximum absolute atomic E-state index is 13.0. The van der Waals surface area contributed by atoms with Crippen LogP contribution in [0.2, 0.25) is 0 Å². The van der Waals surface area contributed by atoms with Crippen molar-refractivity contribution in [3.05, 3.63) is 95.6 Å². The Bertz CT molecular complexity index is 1910. The van der Waals surface area contributed by atoms with Gasteiger partial charge in [-0.05, 0) is 79.1 Å². The summed E-state index contributed by atoms with van der Waals surface area (Å²) in [5.74, 6) is 1.74. The summed E-state index contributed by atoms with van der Waals surface area (Å²) in [7, 11) is 3.16. The minimum atomic E-state index is -0.495. The molecule has 10 heteroatoms. The minimum absolute atomic E-state index is 0.127. The van der Waals surface area contributed by atoms with Crippen molar-refractivity contribution >= 4 is 17.6 Å². The molecule has 6 rings (SSSR count). The molecule has 0 fully saturated rings. The van der Waals surface area contributed by atoms with E-state index in [1.807, 2.05) is 56.3 Å². The summed E-state index contributed by atoms with van der Waals surface area (Å²) in [6, 6.07) is 23.6. The fourth-order valence-electron chi connectivity index (χ4n) is 5.13. The second-order valence-corrected chi connectivity index (χ2v) is 10.5. The van der Waals surface area contributed by atoms with Crippen molar-refractivity contribution in [2.75, 3.05) is 26.3 Å². The van der Waals surface area contributed by atoms with Crippen LogP contribution in [0.1, 0.15) is 28.4 Å². The Kier molecular flexibility index (Phi) is 7.87. The second-order valence-electron chi connectivity index (χ2n) is 10.5. The van der Waals surface area contributed by atoms with Crippen molar-refractivity contribution < 1.29 is 33.3 Å². The molecule has 0 saturated carbocycles. The van der Waals surface area contributed by atoms with Crippen LogP contribution >= 0.6 is 0 Å². The summed E-state index contributed by atoms with van der Waals surface area (Å²) >= 11 is 0. The number of rotatable bonds is 8. The number of benzene rings is 4. The number of esters is 1. The molecule has 0 radical (unpaired) electrons. The van der Waals surface area contributed by atoms with E-state index in [-0.39, 0.29) is 18.6 Å². The molecular weight excluding hydrogens is 574 g/mol. The van der Waals surface area contributed by atoms with Gasteiger partial charge in [-0.1, -0.05) is 24.3 Å². The van der Waals surface area contributed by atoms with Crippen LogP contribution < -0.4 is 29.0 Å². The molecule has 2 heterocycles. The van der Waals surface area contributed by atoms with Crippen LogP contribution in [0.3, 0.4) is 0 Å². The molecule has 0 atom stereocenters. The lowest BCUT2D eigenvalue weighted by atomic mass is 10.00. The molecule has 1 aliphatic rings. The normalized spacial score (nSPS) is 11.7. The lowest BCUT2D eigenvalue weighted by molar-refractivity contribution is -0.132. The van der Waals surface area contributed by atoms with Crippen molar-refractivity contribution in [1.82, 2.24) is 9.78 Å². The molecule has 0 aliphatic carbocycles. The average Bonchev–Trinajstić information content (AvgIpc) is 3.66. The third-order valence-corrected chi connectivity index (χ3v) is 7.58. The highest BCUT2D eigenvalue weighted by molar-refractivity contribution is 6.05. The van der Waals surface area contributed by atoms with E-state index in [4.69, 9.17) is 28.8 Å². The molecule has 1 N–H and O–H groups in total. The van der Waals surface area contributed by atoms with Crippen molar-refractivity contribution in [2.45, 2.75) is 20.8 Å². The Morgan fingerprint density at radius 2 is 1.56 bits per heavy atom. The number of anilines is 1. The first-order valence-corrected chi connectivity index (χ1v) is 14.2. The maximum Gasteiger partial charge on any atom is 0.309 e. The number of hydrogen-bond acceptors (Lipinski definition) is 8. The highest BCUT2D eigenvalue weighted by Gasteiger charge is 2.26. The minimum Gasteiger partial charge on any atom is -0.497 e. The molecular formula is C35H31N3O7. The molecule has 0 spiro atoms. The average molecular weight is 606 g/mol. The first-order chi connectivity index (χ1) is 21.7. The highest BCUT2D eigenvalue weighted by Crippen LogP contribution is 2.43. The van der Waals surface area contributed by atoms with E-state index in [0.717, 1.165) is 16.8 Å². The van der Waals surface area contributed by atoms with Crippen LogP contribution in [-0.4, -0.2) is 42.7 Å². The number of fused-ring (bicyclic) bond motifs is 1. The fraction of sp³-hybridized carbons (Fsp3) is 0.171. The number of nitrogens with zero attached hydrogens (tertiary/aromatic N) is 2. The predicted octanol–water partition coefficient (Wildman–Crippen LogP) is 6.75. The number of ether oxygens (including phenoxy) is 5. The lowest BCUT2D eigenvalue weighted by Gasteiger charge is -2.13. The van der Waals surface area contributed by atoms with Gasteiger partial charge in [-0.2, -0.15) is 9.78 Å².